The Morgan fingerprint density at radius 3 is 1.25 bits per heavy atom. The normalized spacial score (nSPS) is 27.9. The third-order valence-electron chi connectivity index (χ3n) is 9.25. The minimum Gasteiger partial charge on any atom is -0.399 e. The highest BCUT2D eigenvalue weighted by Crippen LogP contribution is 2.58. The molecule has 0 aliphatic heterocycles. The van der Waals surface area contributed by atoms with Gasteiger partial charge in [0.15, 0.2) is 10.8 Å². The summed E-state index contributed by atoms with van der Waals surface area (Å²) < 4.78 is 0. The van der Waals surface area contributed by atoms with Crippen LogP contribution < -0.4 is 11.5 Å². The molecular formula is C32H26N8. The van der Waals surface area contributed by atoms with Crippen LogP contribution in [-0.2, 0) is 0 Å². The van der Waals surface area contributed by atoms with E-state index in [0.29, 0.717) is 12.8 Å². The first kappa shape index (κ1) is 26.3. The highest BCUT2D eigenvalue weighted by atomic mass is 14.7. The van der Waals surface area contributed by atoms with Crippen molar-refractivity contribution in [1.29, 1.82) is 31.6 Å². The van der Waals surface area contributed by atoms with Gasteiger partial charge in [0, 0.05) is 11.8 Å². The molecule has 0 fully saturated rings. The molecule has 8 nitrogen and oxygen atoms in total. The van der Waals surface area contributed by atoms with E-state index in [-0.39, 0.29) is 34.4 Å². The molecule has 4 N–H and O–H groups in total. The van der Waals surface area contributed by atoms with Crippen LogP contribution in [0.3, 0.4) is 0 Å². The van der Waals surface area contributed by atoms with E-state index in [9.17, 15) is 31.6 Å². The molecule has 0 saturated heterocycles. The van der Waals surface area contributed by atoms with Gasteiger partial charge in [0.25, 0.3) is 0 Å². The molecule has 0 bridgehead atoms. The van der Waals surface area contributed by atoms with Gasteiger partial charge >= 0.3 is 0 Å². The molecule has 4 aliphatic rings. The lowest BCUT2D eigenvalue weighted by Gasteiger charge is -2.44. The number of fused-ring (bicyclic) bond motifs is 2. The van der Waals surface area contributed by atoms with Gasteiger partial charge in [0.2, 0.25) is 0 Å². The minimum atomic E-state index is -1.71. The summed E-state index contributed by atoms with van der Waals surface area (Å²) in [5, 5.41) is 61.0. The van der Waals surface area contributed by atoms with Crippen molar-refractivity contribution in [2.24, 2.45) is 34.1 Å². The third kappa shape index (κ3) is 3.38. The highest BCUT2D eigenvalue weighted by molar-refractivity contribution is 5.61. The van der Waals surface area contributed by atoms with Crippen molar-refractivity contribution in [1.82, 2.24) is 0 Å². The number of nitrogens with two attached hydrogens (primary N) is 2. The van der Waals surface area contributed by atoms with Gasteiger partial charge in [0.05, 0.1) is 46.8 Å². The van der Waals surface area contributed by atoms with E-state index in [4.69, 9.17) is 11.5 Å². The molecule has 0 saturated carbocycles. The zero-order valence-corrected chi connectivity index (χ0v) is 21.9. The average molecular weight is 523 g/mol. The molecular weight excluding hydrogens is 496 g/mol. The van der Waals surface area contributed by atoms with Crippen molar-refractivity contribution in [3.8, 4) is 36.4 Å². The van der Waals surface area contributed by atoms with Gasteiger partial charge < -0.3 is 11.5 Å². The number of allylic oxidation sites excluding steroid dienone is 8. The second-order valence-electron chi connectivity index (χ2n) is 10.9. The van der Waals surface area contributed by atoms with Crippen LogP contribution in [0.2, 0.25) is 0 Å². The average Bonchev–Trinajstić information content (AvgIpc) is 3.00. The Morgan fingerprint density at radius 1 is 0.600 bits per heavy atom. The molecule has 0 heterocycles. The van der Waals surface area contributed by atoms with Crippen LogP contribution in [0.1, 0.15) is 61.5 Å². The molecule has 5 rings (SSSR count). The van der Waals surface area contributed by atoms with E-state index in [1.165, 1.54) is 0 Å². The lowest BCUT2D eigenvalue weighted by Crippen LogP contribution is -2.43. The molecule has 8 heteroatoms. The van der Waals surface area contributed by atoms with Crippen molar-refractivity contribution >= 4 is 0 Å². The Bertz CT molecular complexity index is 1510. The van der Waals surface area contributed by atoms with Crippen molar-refractivity contribution < 1.29 is 0 Å². The predicted octanol–water partition coefficient (Wildman–Crippen LogP) is 4.87. The monoisotopic (exact) mass is 522 g/mol. The fraction of sp³-hybridized carbons (Fsp3) is 0.375. The number of nitriles is 6. The van der Waals surface area contributed by atoms with E-state index < -0.39 is 22.7 Å². The SMILES string of the molecule is N#CC1=C(N)C(C#N)(C#N)[C@H](c2ccc([C@@H]3[C@H]4CCCC=C4C(C#N)=C(N)C3(C#N)C#N)cc2)[C@@H]2CCCC=C12. The zero-order valence-electron chi connectivity index (χ0n) is 21.9. The molecule has 1 aromatic carbocycles. The van der Waals surface area contributed by atoms with E-state index >= 15 is 0 Å². The summed E-state index contributed by atoms with van der Waals surface area (Å²) in [4.78, 5) is 0. The lowest BCUT2D eigenvalue weighted by molar-refractivity contribution is 0.313. The largest absolute Gasteiger partial charge is 0.399 e. The van der Waals surface area contributed by atoms with Gasteiger partial charge in [-0.15, -0.1) is 0 Å². The molecule has 0 amide bonds. The zero-order chi connectivity index (χ0) is 28.7. The van der Waals surface area contributed by atoms with Crippen molar-refractivity contribution in [2.45, 2.75) is 50.4 Å². The van der Waals surface area contributed by atoms with Crippen LogP contribution in [0, 0.1) is 90.7 Å². The molecule has 0 aromatic heterocycles. The molecule has 4 aliphatic carbocycles. The topological polar surface area (TPSA) is 195 Å². The molecule has 0 radical (unpaired) electrons. The summed E-state index contributed by atoms with van der Waals surface area (Å²) in [6.07, 6.45) is 8.74. The first-order valence-corrected chi connectivity index (χ1v) is 13.3. The molecule has 0 unspecified atom stereocenters. The Hall–Kier alpha value is -5.28. The summed E-state index contributed by atoms with van der Waals surface area (Å²) in [6.45, 7) is 0. The Kier molecular flexibility index (Phi) is 6.45. The van der Waals surface area contributed by atoms with Crippen molar-refractivity contribution in [3.05, 3.63) is 81.2 Å². The predicted molar refractivity (Wildman–Crippen MR) is 144 cm³/mol. The maximum absolute atomic E-state index is 10.3. The number of benzene rings is 1. The smallest absolute Gasteiger partial charge is 0.191 e. The van der Waals surface area contributed by atoms with Crippen molar-refractivity contribution in [3.63, 3.8) is 0 Å². The summed E-state index contributed by atoms with van der Waals surface area (Å²) in [7, 11) is 0. The lowest BCUT2D eigenvalue weighted by atomic mass is 9.55. The van der Waals surface area contributed by atoms with Crippen LogP contribution in [0.4, 0.5) is 0 Å². The Balaban J connectivity index is 1.67. The van der Waals surface area contributed by atoms with Crippen LogP contribution in [0.25, 0.3) is 0 Å². The highest BCUT2D eigenvalue weighted by Gasteiger charge is 2.55. The number of hydrogen-bond donors (Lipinski definition) is 2. The van der Waals surface area contributed by atoms with Gasteiger partial charge in [-0.05, 0) is 72.6 Å². The van der Waals surface area contributed by atoms with Crippen LogP contribution >= 0.6 is 0 Å². The van der Waals surface area contributed by atoms with Gasteiger partial charge in [-0.1, -0.05) is 36.4 Å². The van der Waals surface area contributed by atoms with Crippen LogP contribution in [0.15, 0.2) is 70.1 Å². The van der Waals surface area contributed by atoms with E-state index in [1.807, 2.05) is 36.4 Å². The maximum atomic E-state index is 10.3. The first-order valence-electron chi connectivity index (χ1n) is 13.3. The molecule has 4 atom stereocenters. The second-order valence-corrected chi connectivity index (χ2v) is 10.9. The summed E-state index contributed by atoms with van der Waals surface area (Å²) in [5.41, 5.74) is 12.8. The summed E-state index contributed by atoms with van der Waals surface area (Å²) >= 11 is 0. The van der Waals surface area contributed by atoms with Gasteiger partial charge in [-0.2, -0.15) is 31.6 Å². The van der Waals surface area contributed by atoms with Gasteiger partial charge in [-0.25, -0.2) is 0 Å². The van der Waals surface area contributed by atoms with E-state index in [2.05, 4.69) is 36.4 Å². The molecule has 40 heavy (non-hydrogen) atoms. The summed E-state index contributed by atoms with van der Waals surface area (Å²) in [6, 6.07) is 20.3. The fourth-order valence-electron chi connectivity index (χ4n) is 7.41. The molecule has 1 aromatic rings. The standard InChI is InChI=1S/C32H26N8/c33-13-25-21-5-1-3-7-23(21)27(31(15-35,16-36)29(25)39)19-9-11-20(12-10-19)28-24-8-4-2-6-22(24)26(14-34)30(40)32(28,17-37)18-38/h5-6,9-12,23-24,27-28H,1-4,7-8,39-40H2/t23-,24+,27-,28-/m1/s1. The van der Waals surface area contributed by atoms with Crippen LogP contribution in [-0.4, -0.2) is 0 Å². The number of hydrogen-bond acceptors (Lipinski definition) is 8. The minimum absolute atomic E-state index is 0.0161. The Morgan fingerprint density at radius 2 is 0.950 bits per heavy atom. The molecule has 194 valence electrons. The van der Waals surface area contributed by atoms with E-state index in [0.717, 1.165) is 48.0 Å². The number of rotatable bonds is 2. The first-order chi connectivity index (χ1) is 19.4. The van der Waals surface area contributed by atoms with Crippen LogP contribution in [0.5, 0.6) is 0 Å². The Labute approximate surface area is 233 Å². The summed E-state index contributed by atoms with van der Waals surface area (Å²) in [5.74, 6) is -1.64. The second kappa shape index (κ2) is 9.79. The fourth-order valence-corrected chi connectivity index (χ4v) is 7.41. The molecule has 0 spiro atoms. The quantitative estimate of drug-likeness (QED) is 0.548. The third-order valence-corrected chi connectivity index (χ3v) is 9.25. The van der Waals surface area contributed by atoms with Gasteiger partial charge in [-0.3, -0.25) is 0 Å². The maximum Gasteiger partial charge on any atom is 0.191 e. The van der Waals surface area contributed by atoms with E-state index in [1.54, 1.807) is 0 Å². The number of nitrogens with zero attached hydrogens (tertiary/aromatic N) is 6. The van der Waals surface area contributed by atoms with Crippen molar-refractivity contribution in [2.75, 3.05) is 0 Å². The van der Waals surface area contributed by atoms with Gasteiger partial charge in [0.1, 0.15) is 12.1 Å².